The van der Waals surface area contributed by atoms with Gasteiger partial charge in [-0.15, -0.1) is 0 Å². The summed E-state index contributed by atoms with van der Waals surface area (Å²) in [6.45, 7) is 17.6. The van der Waals surface area contributed by atoms with Crippen molar-refractivity contribution in [1.82, 2.24) is 4.90 Å². The largest absolute Gasteiger partial charge is 0.364 e. The van der Waals surface area contributed by atoms with Crippen LogP contribution in [0.2, 0.25) is 0 Å². The molecule has 1 saturated heterocycles. The van der Waals surface area contributed by atoms with E-state index in [2.05, 4.69) is 68.8 Å². The van der Waals surface area contributed by atoms with Crippen molar-refractivity contribution in [1.29, 1.82) is 0 Å². The van der Waals surface area contributed by atoms with Crippen LogP contribution in [0.3, 0.4) is 0 Å². The number of hydrogen-bond acceptors (Lipinski definition) is 1. The van der Waals surface area contributed by atoms with Gasteiger partial charge < -0.3 is 4.90 Å². The van der Waals surface area contributed by atoms with E-state index >= 15 is 0 Å². The molecule has 1 aliphatic rings. The van der Waals surface area contributed by atoms with E-state index in [9.17, 15) is 0 Å². The van der Waals surface area contributed by atoms with Crippen LogP contribution >= 0.6 is 0 Å². The molecule has 0 spiro atoms. The highest BCUT2D eigenvalue weighted by molar-refractivity contribution is 5.67. The van der Waals surface area contributed by atoms with E-state index in [0.717, 1.165) is 18.7 Å². The lowest BCUT2D eigenvalue weighted by Crippen LogP contribution is -2.27. The molecule has 0 amide bonds. The van der Waals surface area contributed by atoms with Gasteiger partial charge in [0, 0.05) is 18.3 Å². The van der Waals surface area contributed by atoms with Gasteiger partial charge in [-0.25, -0.2) is 0 Å². The average Bonchev–Trinajstić information content (AvgIpc) is 2.77. The molecule has 0 aromatic heterocycles. The summed E-state index contributed by atoms with van der Waals surface area (Å²) < 4.78 is 0. The smallest absolute Gasteiger partial charge is 0.0438 e. The summed E-state index contributed by atoms with van der Waals surface area (Å²) in [5, 5.41) is 0. The van der Waals surface area contributed by atoms with Crippen LogP contribution in [0.15, 0.2) is 55.3 Å². The zero-order valence-electron chi connectivity index (χ0n) is 13.9. The predicted octanol–water partition coefficient (Wildman–Crippen LogP) is 5.81. The van der Waals surface area contributed by atoms with Crippen molar-refractivity contribution >= 4 is 12.2 Å². The number of benzene rings is 1. The van der Waals surface area contributed by atoms with Gasteiger partial charge in [0.05, 0.1) is 0 Å². The SMILES string of the molecule is C=Cc1cccc(CN2C(=C)C(=C)CC2CCC)c1/C=C\C. The summed E-state index contributed by atoms with van der Waals surface area (Å²) in [7, 11) is 0. The van der Waals surface area contributed by atoms with Gasteiger partial charge in [-0.1, -0.05) is 69.5 Å². The highest BCUT2D eigenvalue weighted by Crippen LogP contribution is 2.35. The van der Waals surface area contributed by atoms with Gasteiger partial charge >= 0.3 is 0 Å². The molecule has 1 heteroatoms. The molecule has 0 aliphatic carbocycles. The van der Waals surface area contributed by atoms with Crippen molar-refractivity contribution in [3.05, 3.63) is 72.0 Å². The van der Waals surface area contributed by atoms with Gasteiger partial charge in [-0.05, 0) is 42.0 Å². The summed E-state index contributed by atoms with van der Waals surface area (Å²) in [5.41, 5.74) is 6.07. The third-order valence-electron chi connectivity index (χ3n) is 4.42. The molecule has 1 atom stereocenters. The molecule has 1 aromatic carbocycles. The fourth-order valence-electron chi connectivity index (χ4n) is 3.25. The van der Waals surface area contributed by atoms with Crippen molar-refractivity contribution in [3.8, 4) is 0 Å². The Kier molecular flexibility index (Phi) is 5.43. The van der Waals surface area contributed by atoms with Crippen LogP contribution < -0.4 is 0 Å². The number of allylic oxidation sites excluding steroid dienone is 2. The summed E-state index contributed by atoms with van der Waals surface area (Å²) in [5.74, 6) is 0. The normalized spacial score (nSPS) is 18.5. The zero-order chi connectivity index (χ0) is 16.1. The van der Waals surface area contributed by atoms with Crippen molar-refractivity contribution in [3.63, 3.8) is 0 Å². The number of likely N-dealkylation sites (tertiary alicyclic amines) is 1. The summed E-state index contributed by atoms with van der Waals surface area (Å²) in [6.07, 6.45) is 9.63. The van der Waals surface area contributed by atoms with Crippen molar-refractivity contribution in [2.75, 3.05) is 0 Å². The number of rotatable bonds is 6. The molecule has 1 aliphatic heterocycles. The first-order chi connectivity index (χ1) is 10.6. The Balaban J connectivity index is 2.34. The summed E-state index contributed by atoms with van der Waals surface area (Å²) in [6, 6.07) is 6.98. The lowest BCUT2D eigenvalue weighted by molar-refractivity contribution is 0.271. The van der Waals surface area contributed by atoms with Gasteiger partial charge in [0.2, 0.25) is 0 Å². The molecule has 0 N–H and O–H groups in total. The molecule has 22 heavy (non-hydrogen) atoms. The second kappa shape index (κ2) is 7.31. The summed E-state index contributed by atoms with van der Waals surface area (Å²) >= 11 is 0. The van der Waals surface area contributed by atoms with E-state index < -0.39 is 0 Å². The van der Waals surface area contributed by atoms with Crippen LogP contribution in [0.25, 0.3) is 12.2 Å². The minimum absolute atomic E-state index is 0.538. The van der Waals surface area contributed by atoms with Crippen LogP contribution in [0.1, 0.15) is 49.8 Å². The van der Waals surface area contributed by atoms with Gasteiger partial charge in [0.15, 0.2) is 0 Å². The van der Waals surface area contributed by atoms with Crippen LogP contribution in [-0.4, -0.2) is 10.9 Å². The quantitative estimate of drug-likeness (QED) is 0.640. The van der Waals surface area contributed by atoms with E-state index in [0.29, 0.717) is 6.04 Å². The molecule has 0 radical (unpaired) electrons. The van der Waals surface area contributed by atoms with Crippen LogP contribution in [-0.2, 0) is 6.54 Å². The highest BCUT2D eigenvalue weighted by Gasteiger charge is 2.29. The first kappa shape index (κ1) is 16.4. The molecule has 1 unspecified atom stereocenters. The molecule has 2 rings (SSSR count). The Hall–Kier alpha value is -2.02. The van der Waals surface area contributed by atoms with Gasteiger partial charge in [-0.2, -0.15) is 0 Å². The van der Waals surface area contributed by atoms with E-state index in [4.69, 9.17) is 0 Å². The van der Waals surface area contributed by atoms with Crippen LogP contribution in [0, 0.1) is 0 Å². The highest BCUT2D eigenvalue weighted by atomic mass is 15.2. The molecule has 1 nitrogen and oxygen atoms in total. The van der Waals surface area contributed by atoms with Gasteiger partial charge in [0.25, 0.3) is 0 Å². The summed E-state index contributed by atoms with van der Waals surface area (Å²) in [4.78, 5) is 2.43. The first-order valence-corrected chi connectivity index (χ1v) is 8.13. The fourth-order valence-corrected chi connectivity index (χ4v) is 3.25. The van der Waals surface area contributed by atoms with Crippen molar-refractivity contribution in [2.24, 2.45) is 0 Å². The lowest BCUT2D eigenvalue weighted by atomic mass is 9.99. The average molecular weight is 293 g/mol. The van der Waals surface area contributed by atoms with Crippen molar-refractivity contribution < 1.29 is 0 Å². The Morgan fingerprint density at radius 2 is 2.09 bits per heavy atom. The molecule has 0 bridgehead atoms. The Morgan fingerprint density at radius 1 is 1.32 bits per heavy atom. The standard InChI is InChI=1S/C21H27N/c1-6-10-20-14-16(4)17(5)22(20)15-19-13-9-12-18(8-3)21(19)11-7-2/h7-9,11-13,20H,3-6,10,14-15H2,1-2H3/b11-7-. The Labute approximate surface area is 135 Å². The van der Waals surface area contributed by atoms with E-state index in [1.807, 2.05) is 6.08 Å². The van der Waals surface area contributed by atoms with Crippen molar-refractivity contribution in [2.45, 2.75) is 45.7 Å². The maximum absolute atomic E-state index is 4.25. The maximum atomic E-state index is 4.25. The molecule has 1 aromatic rings. The topological polar surface area (TPSA) is 3.24 Å². The molecule has 1 heterocycles. The third-order valence-corrected chi connectivity index (χ3v) is 4.42. The molecular weight excluding hydrogens is 266 g/mol. The molecular formula is C21H27N. The van der Waals surface area contributed by atoms with E-state index in [-0.39, 0.29) is 0 Å². The molecule has 116 valence electrons. The molecule has 1 fully saturated rings. The Morgan fingerprint density at radius 3 is 2.73 bits per heavy atom. The number of hydrogen-bond donors (Lipinski definition) is 0. The predicted molar refractivity (Wildman–Crippen MR) is 98.4 cm³/mol. The van der Waals surface area contributed by atoms with Crippen LogP contribution in [0.4, 0.5) is 0 Å². The first-order valence-electron chi connectivity index (χ1n) is 8.13. The van der Waals surface area contributed by atoms with Gasteiger partial charge in [0.1, 0.15) is 0 Å². The van der Waals surface area contributed by atoms with Crippen LogP contribution in [0.5, 0.6) is 0 Å². The Bertz CT molecular complexity index is 606. The second-order valence-electron chi connectivity index (χ2n) is 5.95. The zero-order valence-corrected chi connectivity index (χ0v) is 13.9. The van der Waals surface area contributed by atoms with Gasteiger partial charge in [-0.3, -0.25) is 0 Å². The van der Waals surface area contributed by atoms with E-state index in [1.54, 1.807) is 0 Å². The minimum atomic E-state index is 0.538. The third kappa shape index (κ3) is 3.24. The minimum Gasteiger partial charge on any atom is -0.364 e. The maximum Gasteiger partial charge on any atom is 0.0438 e. The monoisotopic (exact) mass is 293 g/mol. The fraction of sp³-hybridized carbons (Fsp3) is 0.333. The second-order valence-corrected chi connectivity index (χ2v) is 5.95. The number of nitrogens with zero attached hydrogens (tertiary/aromatic N) is 1. The van der Waals surface area contributed by atoms with E-state index in [1.165, 1.54) is 35.1 Å². The lowest BCUT2D eigenvalue weighted by Gasteiger charge is -2.28. The molecule has 0 saturated carbocycles.